The van der Waals surface area contributed by atoms with Crippen LogP contribution >= 0.6 is 34.5 Å². The molecule has 2 aliphatic rings. The highest BCUT2D eigenvalue weighted by Gasteiger charge is 2.32. The van der Waals surface area contributed by atoms with Crippen LogP contribution in [-0.4, -0.2) is 73.1 Å². The minimum atomic E-state index is -0.665. The van der Waals surface area contributed by atoms with Crippen molar-refractivity contribution in [3.05, 3.63) is 69.7 Å². The number of thiophene rings is 1. The lowest BCUT2D eigenvalue weighted by molar-refractivity contribution is 0.0481. The van der Waals surface area contributed by atoms with Gasteiger partial charge >= 0.3 is 11.9 Å². The van der Waals surface area contributed by atoms with E-state index in [4.69, 9.17) is 42.7 Å². The van der Waals surface area contributed by atoms with Gasteiger partial charge < -0.3 is 29.9 Å². The molecule has 2 N–H and O–H groups in total. The first-order chi connectivity index (χ1) is 22.9. The lowest BCUT2D eigenvalue weighted by atomic mass is 10.1. The third kappa shape index (κ3) is 9.18. The topological polar surface area (TPSA) is 108 Å². The molecule has 3 aromatic rings. The van der Waals surface area contributed by atoms with E-state index in [9.17, 15) is 9.59 Å². The second-order valence-electron chi connectivity index (χ2n) is 11.1. The molecule has 1 aromatic heterocycles. The molecule has 0 bridgehead atoms. The summed E-state index contributed by atoms with van der Waals surface area (Å²) < 4.78 is 11.0. The molecule has 10 nitrogen and oxygen atoms in total. The Kier molecular flexibility index (Phi) is 12.4. The van der Waals surface area contributed by atoms with E-state index >= 15 is 0 Å². The van der Waals surface area contributed by atoms with Crippen molar-refractivity contribution in [1.29, 1.82) is 0 Å². The minimum absolute atomic E-state index is 0.0333. The maximum absolute atomic E-state index is 13.6. The second-order valence-corrected chi connectivity index (χ2v) is 13.0. The molecule has 2 aliphatic heterocycles. The Morgan fingerprint density at radius 2 is 1.02 bits per heavy atom. The predicted molar refractivity (Wildman–Crippen MR) is 191 cm³/mol. The number of anilines is 2. The molecule has 2 aromatic carbocycles. The van der Waals surface area contributed by atoms with Gasteiger partial charge in [0.2, 0.25) is 11.9 Å². The summed E-state index contributed by atoms with van der Waals surface area (Å²) in [4.78, 5) is 41.7. The molecule has 3 heterocycles. The molecular formula is C34H40Cl2N6O4S. The predicted octanol–water partition coefficient (Wildman–Crippen LogP) is 8.58. The Morgan fingerprint density at radius 3 is 1.36 bits per heavy atom. The van der Waals surface area contributed by atoms with E-state index in [2.05, 4.69) is 20.4 Å². The Balaban J connectivity index is 1.68. The van der Waals surface area contributed by atoms with Crippen molar-refractivity contribution in [1.82, 2.24) is 9.80 Å². The summed E-state index contributed by atoms with van der Waals surface area (Å²) in [6, 6.07) is 14.7. The van der Waals surface area contributed by atoms with Gasteiger partial charge in [0, 0.05) is 47.6 Å². The number of aliphatic imine (C=N–C) groups is 2. The van der Waals surface area contributed by atoms with E-state index < -0.39 is 11.9 Å². The van der Waals surface area contributed by atoms with Crippen molar-refractivity contribution >= 4 is 79.8 Å². The SMILES string of the molecule is CCOC(=O)c1c(/N=C(/Nc2ccc(Cl)cc2)N2CCCCC2)sc(/N=C(\Nc2ccc(Cl)cc2)N2CCCCC2)c1C(=O)OCC. The fraction of sp³-hybridized carbons (Fsp3) is 0.412. The first kappa shape index (κ1) is 34.5. The van der Waals surface area contributed by atoms with Crippen LogP contribution in [0.2, 0.25) is 10.0 Å². The van der Waals surface area contributed by atoms with Gasteiger partial charge in [-0.05, 0) is 101 Å². The van der Waals surface area contributed by atoms with Crippen molar-refractivity contribution < 1.29 is 19.1 Å². The number of rotatable bonds is 8. The zero-order chi connectivity index (χ0) is 33.2. The molecule has 2 saturated heterocycles. The molecule has 0 spiro atoms. The molecule has 13 heteroatoms. The molecule has 2 fully saturated rings. The van der Waals surface area contributed by atoms with Crippen LogP contribution in [0.15, 0.2) is 58.5 Å². The smallest absolute Gasteiger partial charge is 0.342 e. The molecule has 0 unspecified atom stereocenters. The van der Waals surface area contributed by atoms with Crippen molar-refractivity contribution in [2.24, 2.45) is 9.98 Å². The fourth-order valence-electron chi connectivity index (χ4n) is 5.43. The van der Waals surface area contributed by atoms with Crippen LogP contribution in [0.3, 0.4) is 0 Å². The molecule has 0 amide bonds. The van der Waals surface area contributed by atoms with E-state index in [-0.39, 0.29) is 24.3 Å². The zero-order valence-corrected chi connectivity index (χ0v) is 29.0. The summed E-state index contributed by atoms with van der Waals surface area (Å²) in [6.07, 6.45) is 6.30. The number of nitrogens with zero attached hydrogens (tertiary/aromatic N) is 4. The molecule has 250 valence electrons. The van der Waals surface area contributed by atoms with Crippen LogP contribution in [0.25, 0.3) is 0 Å². The van der Waals surface area contributed by atoms with E-state index in [0.717, 1.165) is 87.4 Å². The van der Waals surface area contributed by atoms with Gasteiger partial charge in [-0.1, -0.05) is 34.5 Å². The van der Waals surface area contributed by atoms with Gasteiger partial charge in [-0.3, -0.25) is 0 Å². The summed E-state index contributed by atoms with van der Waals surface area (Å²) in [5, 5.41) is 8.69. The van der Waals surface area contributed by atoms with E-state index in [1.165, 1.54) is 0 Å². The largest absolute Gasteiger partial charge is 0.462 e. The summed E-state index contributed by atoms with van der Waals surface area (Å²) in [7, 11) is 0. The van der Waals surface area contributed by atoms with Crippen molar-refractivity contribution in [2.75, 3.05) is 50.0 Å². The lowest BCUT2D eigenvalue weighted by Gasteiger charge is -2.30. The number of nitrogens with one attached hydrogen (secondary N) is 2. The number of carbonyl (C=O) groups is 2. The number of benzene rings is 2. The zero-order valence-electron chi connectivity index (χ0n) is 26.7. The summed E-state index contributed by atoms with van der Waals surface area (Å²) >= 11 is 13.5. The quantitative estimate of drug-likeness (QED) is 0.137. The molecule has 0 radical (unpaired) electrons. The lowest BCUT2D eigenvalue weighted by Crippen LogP contribution is -2.39. The van der Waals surface area contributed by atoms with Gasteiger partial charge in [-0.15, -0.1) is 0 Å². The van der Waals surface area contributed by atoms with Crippen molar-refractivity contribution in [3.63, 3.8) is 0 Å². The normalized spacial score (nSPS) is 15.7. The van der Waals surface area contributed by atoms with Crippen LogP contribution in [0.4, 0.5) is 21.4 Å². The third-order valence-electron chi connectivity index (χ3n) is 7.76. The van der Waals surface area contributed by atoms with Crippen LogP contribution < -0.4 is 10.6 Å². The number of guanidine groups is 2. The molecular weight excluding hydrogens is 659 g/mol. The number of carbonyl (C=O) groups excluding carboxylic acids is 2. The first-order valence-electron chi connectivity index (χ1n) is 16.1. The number of likely N-dealkylation sites (tertiary alicyclic amines) is 2. The summed E-state index contributed by atoms with van der Waals surface area (Å²) in [6.45, 7) is 6.86. The first-order valence-corrected chi connectivity index (χ1v) is 17.7. The molecule has 47 heavy (non-hydrogen) atoms. The maximum atomic E-state index is 13.6. The van der Waals surface area contributed by atoms with E-state index in [1.807, 2.05) is 24.3 Å². The van der Waals surface area contributed by atoms with Crippen molar-refractivity contribution in [2.45, 2.75) is 52.4 Å². The molecule has 5 rings (SSSR count). The van der Waals surface area contributed by atoms with E-state index in [1.54, 1.807) is 38.1 Å². The standard InChI is InChI=1S/C34H40Cl2N6O4S/c1-3-45-31(43)27-28(32(44)46-4-2)30(40-34(42-21-9-6-10-22-42)38-26-17-13-24(36)14-18-26)47-29(27)39-33(41-19-7-5-8-20-41)37-25-15-11-23(35)12-16-25/h11-18H,3-10,19-22H2,1-2H3,(H,37,39)(H,38,40). The van der Waals surface area contributed by atoms with Gasteiger partial charge in [-0.2, -0.15) is 0 Å². The number of esters is 2. The van der Waals surface area contributed by atoms with E-state index in [0.29, 0.717) is 32.0 Å². The Bertz CT molecular complexity index is 1470. The molecule has 0 saturated carbocycles. The highest BCUT2D eigenvalue weighted by molar-refractivity contribution is 7.20. The number of halogens is 2. The Morgan fingerprint density at radius 1 is 0.660 bits per heavy atom. The van der Waals surface area contributed by atoms with Crippen LogP contribution in [-0.2, 0) is 9.47 Å². The molecule has 0 atom stereocenters. The minimum Gasteiger partial charge on any atom is -0.462 e. The van der Waals surface area contributed by atoms with Crippen molar-refractivity contribution in [3.8, 4) is 0 Å². The van der Waals surface area contributed by atoms with Gasteiger partial charge in [0.25, 0.3) is 0 Å². The number of hydrogen-bond acceptors (Lipinski definition) is 7. The van der Waals surface area contributed by atoms with Crippen LogP contribution in [0.1, 0.15) is 73.1 Å². The van der Waals surface area contributed by atoms with Gasteiger partial charge in [0.05, 0.1) is 13.2 Å². The van der Waals surface area contributed by atoms with Gasteiger partial charge in [-0.25, -0.2) is 19.6 Å². The Hall–Kier alpha value is -3.80. The Labute approximate surface area is 289 Å². The average Bonchev–Trinajstić information content (AvgIpc) is 3.44. The fourth-order valence-corrected chi connectivity index (χ4v) is 6.71. The highest BCUT2D eigenvalue weighted by atomic mass is 35.5. The number of piperidine rings is 2. The van der Waals surface area contributed by atoms with Crippen LogP contribution in [0.5, 0.6) is 0 Å². The molecule has 0 aliphatic carbocycles. The monoisotopic (exact) mass is 698 g/mol. The van der Waals surface area contributed by atoms with Crippen LogP contribution in [0, 0.1) is 0 Å². The van der Waals surface area contributed by atoms with Gasteiger partial charge in [0.1, 0.15) is 21.1 Å². The average molecular weight is 700 g/mol. The maximum Gasteiger partial charge on any atom is 0.342 e. The number of hydrogen-bond donors (Lipinski definition) is 2. The second kappa shape index (κ2) is 16.9. The summed E-state index contributed by atoms with van der Waals surface area (Å²) in [5.41, 5.74) is 1.64. The van der Waals surface area contributed by atoms with Gasteiger partial charge in [0.15, 0.2) is 0 Å². The summed E-state index contributed by atoms with van der Waals surface area (Å²) in [5.74, 6) is -0.219. The number of ether oxygens (including phenoxy) is 2. The highest BCUT2D eigenvalue weighted by Crippen LogP contribution is 2.43. The third-order valence-corrected chi connectivity index (χ3v) is 9.24.